The average Bonchev–Trinajstić information content (AvgIpc) is 2.79. The molecule has 2 fully saturated rings. The molecule has 0 aromatic heterocycles. The second-order valence-corrected chi connectivity index (χ2v) is 14.8. The molecule has 2 saturated carbocycles. The highest BCUT2D eigenvalue weighted by atomic mass is 16.1. The summed E-state index contributed by atoms with van der Waals surface area (Å²) < 4.78 is 0. The number of Topliss-reactive ketones (excluding diaryl/α,β-unsaturated/α-hetero) is 1. The molecule has 4 aliphatic carbocycles. The smallest absolute Gasteiger partial charge is 0.235 e. The summed E-state index contributed by atoms with van der Waals surface area (Å²) in [5, 5.41) is 9.82. The maximum atomic E-state index is 13.4. The van der Waals surface area contributed by atoms with Crippen LogP contribution in [-0.4, -0.2) is 23.2 Å². The fourth-order valence-corrected chi connectivity index (χ4v) is 9.09. The Hall–Kier alpha value is -2.31. The lowest BCUT2D eigenvalue weighted by Crippen LogP contribution is -2.58. The predicted molar refractivity (Wildman–Crippen MR) is 144 cm³/mol. The van der Waals surface area contributed by atoms with Crippen molar-refractivity contribution in [2.45, 2.75) is 112 Å². The number of isocyanates is 1. The van der Waals surface area contributed by atoms with Crippen molar-refractivity contribution in [2.75, 3.05) is 0 Å². The Kier molecular flexibility index (Phi) is 6.44. The normalized spacial score (nSPS) is 42.4. The first-order valence-electron chi connectivity index (χ1n) is 14.0. The van der Waals surface area contributed by atoms with Gasteiger partial charge in [0.2, 0.25) is 6.08 Å². The van der Waals surface area contributed by atoms with Gasteiger partial charge in [0, 0.05) is 17.3 Å². The lowest BCUT2D eigenvalue weighted by atomic mass is 9.40. The topological polar surface area (TPSA) is 87.4 Å². The summed E-state index contributed by atoms with van der Waals surface area (Å²) in [6, 6.07) is 2.16. The molecule has 0 saturated heterocycles. The summed E-state index contributed by atoms with van der Waals surface area (Å²) in [6.07, 6.45) is 12.3. The third-order valence-electron chi connectivity index (χ3n) is 11.7. The molecule has 4 aliphatic rings. The van der Waals surface area contributed by atoms with Crippen LogP contribution in [0.1, 0.15) is 107 Å². The van der Waals surface area contributed by atoms with Gasteiger partial charge in [-0.15, -0.1) is 0 Å². The minimum atomic E-state index is -0.666. The van der Waals surface area contributed by atoms with Crippen molar-refractivity contribution in [3.63, 3.8) is 0 Å². The lowest BCUT2D eigenvalue weighted by molar-refractivity contribution is -0.133. The van der Waals surface area contributed by atoms with Gasteiger partial charge in [-0.2, -0.15) is 10.3 Å². The highest BCUT2D eigenvalue weighted by Gasteiger charge is 2.63. The molecular formula is C32H44N2O3. The molecule has 37 heavy (non-hydrogen) atoms. The molecule has 6 atom stereocenters. The first-order valence-corrected chi connectivity index (χ1v) is 14.0. The largest absolute Gasteiger partial charge is 0.295 e. The van der Waals surface area contributed by atoms with Crippen molar-refractivity contribution in [2.24, 2.45) is 43.9 Å². The quantitative estimate of drug-likeness (QED) is 0.302. The van der Waals surface area contributed by atoms with Crippen LogP contribution in [0, 0.1) is 50.2 Å². The molecule has 0 radical (unpaired) electrons. The fraction of sp³-hybridized carbons (Fsp3) is 0.750. The van der Waals surface area contributed by atoms with Crippen molar-refractivity contribution >= 4 is 17.6 Å². The molecule has 0 aromatic rings. The number of rotatable bonds is 4. The molecule has 0 aromatic carbocycles. The second kappa shape index (κ2) is 8.60. The Balaban J connectivity index is 1.74. The molecule has 0 heterocycles. The highest BCUT2D eigenvalue weighted by molar-refractivity contribution is 6.04. The van der Waals surface area contributed by atoms with Crippen molar-refractivity contribution in [1.29, 1.82) is 5.26 Å². The second-order valence-electron chi connectivity index (χ2n) is 14.8. The Morgan fingerprint density at radius 2 is 1.70 bits per heavy atom. The Labute approximate surface area is 222 Å². The van der Waals surface area contributed by atoms with E-state index < -0.39 is 16.4 Å². The summed E-state index contributed by atoms with van der Waals surface area (Å²) in [7, 11) is 0. The zero-order chi connectivity index (χ0) is 27.7. The van der Waals surface area contributed by atoms with Crippen LogP contribution >= 0.6 is 0 Å². The lowest BCUT2D eigenvalue weighted by Gasteiger charge is -2.63. The summed E-state index contributed by atoms with van der Waals surface area (Å²) >= 11 is 0. The molecule has 1 unspecified atom stereocenters. The Morgan fingerprint density at radius 1 is 1.03 bits per heavy atom. The standard InChI is InChI=1S/C32H44N2O3/c1-21-16-27(2,3)11-13-32(21,34-20-35)14-12-29(6)18-23(36)15-25-30(7)17-22(19-33)26(37)28(4,5)24(30)9-10-31(25,29)8/h15,17,21,24H,9-14,16,18H2,1-8H3/t21?,24-,29+,30-,31+,32-/m0/s1. The van der Waals surface area contributed by atoms with Gasteiger partial charge >= 0.3 is 0 Å². The molecule has 0 aliphatic heterocycles. The van der Waals surface area contributed by atoms with Gasteiger partial charge in [-0.05, 0) is 79.1 Å². The molecular weight excluding hydrogens is 460 g/mol. The van der Waals surface area contributed by atoms with Crippen LogP contribution in [0.5, 0.6) is 0 Å². The number of carbonyl (C=O) groups is 2. The van der Waals surface area contributed by atoms with E-state index in [1.165, 1.54) is 0 Å². The minimum Gasteiger partial charge on any atom is -0.295 e. The summed E-state index contributed by atoms with van der Waals surface area (Å²) in [5.41, 5.74) is -0.684. The summed E-state index contributed by atoms with van der Waals surface area (Å²) in [6.45, 7) is 17.4. The maximum absolute atomic E-state index is 13.4. The zero-order valence-corrected chi connectivity index (χ0v) is 24.1. The van der Waals surface area contributed by atoms with Gasteiger partial charge in [-0.1, -0.05) is 67.0 Å². The fourth-order valence-electron chi connectivity index (χ4n) is 9.09. The van der Waals surface area contributed by atoms with Crippen LogP contribution in [0.15, 0.2) is 28.3 Å². The summed E-state index contributed by atoms with van der Waals surface area (Å²) in [4.78, 5) is 42.6. The Morgan fingerprint density at radius 3 is 2.30 bits per heavy atom. The van der Waals surface area contributed by atoms with Gasteiger partial charge in [-0.3, -0.25) is 9.59 Å². The van der Waals surface area contributed by atoms with Crippen LogP contribution in [0.25, 0.3) is 0 Å². The van der Waals surface area contributed by atoms with Crippen molar-refractivity contribution in [1.82, 2.24) is 0 Å². The number of ketones is 2. The first-order chi connectivity index (χ1) is 17.0. The SMILES string of the molecule is CC1CC(C)(C)CC[C@@]1(CC[C@]1(C)CC(=O)C=C2[C@@]3(C)C=C(C#N)C(=O)C(C)(C)[C@@H]3CC[C@]21C)N=C=O. The zero-order valence-electron chi connectivity index (χ0n) is 24.1. The van der Waals surface area contributed by atoms with E-state index in [1.54, 1.807) is 0 Å². The van der Waals surface area contributed by atoms with Crippen molar-refractivity contribution in [3.8, 4) is 6.07 Å². The van der Waals surface area contributed by atoms with E-state index in [9.17, 15) is 19.6 Å². The predicted octanol–water partition coefficient (Wildman–Crippen LogP) is 7.07. The number of nitrogens with zero attached hydrogens (tertiary/aromatic N) is 2. The van der Waals surface area contributed by atoms with Crippen molar-refractivity contribution < 1.29 is 14.4 Å². The molecule has 0 amide bonds. The monoisotopic (exact) mass is 504 g/mol. The number of hydrogen-bond donors (Lipinski definition) is 0. The number of hydrogen-bond acceptors (Lipinski definition) is 5. The van der Waals surface area contributed by atoms with Crippen LogP contribution in [0.2, 0.25) is 0 Å². The van der Waals surface area contributed by atoms with Gasteiger partial charge in [0.05, 0.1) is 11.1 Å². The summed E-state index contributed by atoms with van der Waals surface area (Å²) in [5.74, 6) is 0.326. The molecule has 0 spiro atoms. The molecule has 4 rings (SSSR count). The van der Waals surface area contributed by atoms with E-state index in [0.717, 1.165) is 50.5 Å². The maximum Gasteiger partial charge on any atom is 0.235 e. The number of allylic oxidation sites excluding steroid dienone is 4. The third-order valence-corrected chi connectivity index (χ3v) is 11.7. The molecule has 200 valence electrons. The van der Waals surface area contributed by atoms with Gasteiger partial charge in [0.25, 0.3) is 0 Å². The van der Waals surface area contributed by atoms with E-state index in [4.69, 9.17) is 0 Å². The van der Waals surface area contributed by atoms with Crippen LogP contribution in [0.3, 0.4) is 0 Å². The van der Waals surface area contributed by atoms with E-state index in [1.807, 2.05) is 32.1 Å². The average molecular weight is 505 g/mol. The van der Waals surface area contributed by atoms with Crippen LogP contribution in [-0.2, 0) is 14.4 Å². The first kappa shape index (κ1) is 27.7. The van der Waals surface area contributed by atoms with E-state index in [-0.39, 0.29) is 45.2 Å². The van der Waals surface area contributed by atoms with Crippen LogP contribution in [0.4, 0.5) is 0 Å². The molecule has 5 nitrogen and oxygen atoms in total. The third kappa shape index (κ3) is 4.02. The number of nitriles is 1. The minimum absolute atomic E-state index is 0.0330. The highest BCUT2D eigenvalue weighted by Crippen LogP contribution is 2.69. The van der Waals surface area contributed by atoms with Crippen LogP contribution < -0.4 is 0 Å². The Bertz CT molecular complexity index is 1180. The molecule has 0 N–H and O–H groups in total. The molecule has 0 bridgehead atoms. The van der Waals surface area contributed by atoms with E-state index in [0.29, 0.717) is 6.42 Å². The van der Waals surface area contributed by atoms with Gasteiger partial charge in [-0.25, -0.2) is 4.79 Å². The van der Waals surface area contributed by atoms with E-state index >= 15 is 0 Å². The van der Waals surface area contributed by atoms with Gasteiger partial charge in [0.1, 0.15) is 6.07 Å². The van der Waals surface area contributed by atoms with Crippen molar-refractivity contribution in [3.05, 3.63) is 23.3 Å². The van der Waals surface area contributed by atoms with Gasteiger partial charge < -0.3 is 0 Å². The number of aliphatic imine (C=N–C) groups is 1. The van der Waals surface area contributed by atoms with Gasteiger partial charge in [0.15, 0.2) is 11.6 Å². The number of carbonyl (C=O) groups excluding carboxylic acids is 3. The molecule has 5 heteroatoms. The van der Waals surface area contributed by atoms with E-state index in [2.05, 4.69) is 52.6 Å². The number of fused-ring (bicyclic) bond motifs is 3.